The lowest BCUT2D eigenvalue weighted by Crippen LogP contribution is -2.42. The Kier molecular flexibility index (Phi) is 6.38. The van der Waals surface area contributed by atoms with Gasteiger partial charge >= 0.3 is 5.97 Å². The third kappa shape index (κ3) is 5.13. The SMILES string of the molecule is COC(=O)C(CCOc1cc(F)ccc1F)NC(C)C. The van der Waals surface area contributed by atoms with Gasteiger partial charge in [0, 0.05) is 18.5 Å². The maximum absolute atomic E-state index is 13.3. The van der Waals surface area contributed by atoms with Gasteiger partial charge in [-0.3, -0.25) is 4.79 Å². The summed E-state index contributed by atoms with van der Waals surface area (Å²) in [5.41, 5.74) is 0. The highest BCUT2D eigenvalue weighted by Crippen LogP contribution is 2.18. The van der Waals surface area contributed by atoms with E-state index in [1.165, 1.54) is 7.11 Å². The summed E-state index contributed by atoms with van der Waals surface area (Å²) in [5.74, 6) is -1.80. The van der Waals surface area contributed by atoms with Gasteiger partial charge in [-0.2, -0.15) is 0 Å². The Bertz CT molecular complexity index is 452. The highest BCUT2D eigenvalue weighted by atomic mass is 19.1. The van der Waals surface area contributed by atoms with Crippen LogP contribution in [0.15, 0.2) is 18.2 Å². The molecule has 0 aliphatic carbocycles. The minimum Gasteiger partial charge on any atom is -0.490 e. The molecule has 1 atom stereocenters. The lowest BCUT2D eigenvalue weighted by molar-refractivity contribution is -0.143. The van der Waals surface area contributed by atoms with Gasteiger partial charge in [0.2, 0.25) is 0 Å². The van der Waals surface area contributed by atoms with Crippen LogP contribution in [-0.4, -0.2) is 31.8 Å². The van der Waals surface area contributed by atoms with Gasteiger partial charge in [0.05, 0.1) is 13.7 Å². The van der Waals surface area contributed by atoms with E-state index in [1.54, 1.807) is 0 Å². The van der Waals surface area contributed by atoms with Crippen LogP contribution < -0.4 is 10.1 Å². The fraction of sp³-hybridized carbons (Fsp3) is 0.500. The average molecular weight is 287 g/mol. The topological polar surface area (TPSA) is 47.6 Å². The van der Waals surface area contributed by atoms with Crippen LogP contribution in [0.3, 0.4) is 0 Å². The summed E-state index contributed by atoms with van der Waals surface area (Å²) in [7, 11) is 1.30. The van der Waals surface area contributed by atoms with E-state index in [9.17, 15) is 13.6 Å². The molecule has 4 nitrogen and oxygen atoms in total. The molecule has 1 N–H and O–H groups in total. The molecule has 0 radical (unpaired) electrons. The largest absolute Gasteiger partial charge is 0.490 e. The monoisotopic (exact) mass is 287 g/mol. The van der Waals surface area contributed by atoms with Crippen LogP contribution in [0.25, 0.3) is 0 Å². The lowest BCUT2D eigenvalue weighted by atomic mass is 10.2. The second-order valence-electron chi connectivity index (χ2n) is 4.61. The maximum atomic E-state index is 13.3. The lowest BCUT2D eigenvalue weighted by Gasteiger charge is -2.19. The van der Waals surface area contributed by atoms with Gasteiger partial charge < -0.3 is 14.8 Å². The number of ether oxygens (including phenoxy) is 2. The van der Waals surface area contributed by atoms with E-state index in [2.05, 4.69) is 10.1 Å². The zero-order chi connectivity index (χ0) is 15.1. The first kappa shape index (κ1) is 16.4. The molecule has 0 aromatic heterocycles. The van der Waals surface area contributed by atoms with E-state index >= 15 is 0 Å². The molecule has 1 aromatic carbocycles. The number of carbonyl (C=O) groups is 1. The predicted octanol–water partition coefficient (Wildman–Crippen LogP) is 2.27. The minimum absolute atomic E-state index is 0.0693. The summed E-state index contributed by atoms with van der Waals surface area (Å²) >= 11 is 0. The number of methoxy groups -OCH3 is 1. The van der Waals surface area contributed by atoms with Gasteiger partial charge in [0.15, 0.2) is 11.6 Å². The second kappa shape index (κ2) is 7.79. The van der Waals surface area contributed by atoms with Crippen LogP contribution in [0.4, 0.5) is 8.78 Å². The molecule has 0 heterocycles. The quantitative estimate of drug-likeness (QED) is 0.782. The Morgan fingerprint density at radius 1 is 1.35 bits per heavy atom. The second-order valence-corrected chi connectivity index (χ2v) is 4.61. The molecule has 112 valence electrons. The maximum Gasteiger partial charge on any atom is 0.322 e. The summed E-state index contributed by atoms with van der Waals surface area (Å²) in [6.45, 7) is 3.85. The Morgan fingerprint density at radius 2 is 2.05 bits per heavy atom. The third-order valence-electron chi connectivity index (χ3n) is 2.58. The first-order chi connectivity index (χ1) is 9.43. The molecule has 0 amide bonds. The van der Waals surface area contributed by atoms with Gasteiger partial charge in [-0.15, -0.1) is 0 Å². The number of hydrogen-bond donors (Lipinski definition) is 1. The summed E-state index contributed by atoms with van der Waals surface area (Å²) in [4.78, 5) is 11.5. The molecule has 0 fully saturated rings. The number of esters is 1. The van der Waals surface area contributed by atoms with Crippen molar-refractivity contribution in [3.63, 3.8) is 0 Å². The third-order valence-corrected chi connectivity index (χ3v) is 2.58. The van der Waals surface area contributed by atoms with Gasteiger partial charge in [0.1, 0.15) is 11.9 Å². The highest BCUT2D eigenvalue weighted by Gasteiger charge is 2.20. The van der Waals surface area contributed by atoms with Crippen molar-refractivity contribution in [3.8, 4) is 5.75 Å². The van der Waals surface area contributed by atoms with E-state index in [0.717, 1.165) is 18.2 Å². The zero-order valence-electron chi connectivity index (χ0n) is 11.8. The predicted molar refractivity (Wildman–Crippen MR) is 70.5 cm³/mol. The van der Waals surface area contributed by atoms with Crippen molar-refractivity contribution in [2.45, 2.75) is 32.4 Å². The van der Waals surface area contributed by atoms with E-state index in [0.29, 0.717) is 6.42 Å². The molecule has 0 aliphatic heterocycles. The fourth-order valence-corrected chi connectivity index (χ4v) is 1.69. The van der Waals surface area contributed by atoms with Gasteiger partial charge in [-0.05, 0) is 12.1 Å². The van der Waals surface area contributed by atoms with E-state index in [1.807, 2.05) is 13.8 Å². The Labute approximate surface area is 117 Å². The Morgan fingerprint density at radius 3 is 2.65 bits per heavy atom. The standard InChI is InChI=1S/C14H19F2NO3/c1-9(2)17-12(14(18)19-3)6-7-20-13-8-10(15)4-5-11(13)16/h4-5,8-9,12,17H,6-7H2,1-3H3. The number of benzene rings is 1. The van der Waals surface area contributed by atoms with E-state index < -0.39 is 23.6 Å². The fourth-order valence-electron chi connectivity index (χ4n) is 1.69. The molecular formula is C14H19F2NO3. The first-order valence-corrected chi connectivity index (χ1v) is 6.35. The molecule has 0 bridgehead atoms. The summed E-state index contributed by atoms with van der Waals surface area (Å²) < 4.78 is 36.1. The normalized spacial score (nSPS) is 12.3. The molecule has 0 spiro atoms. The number of nitrogens with one attached hydrogen (secondary N) is 1. The van der Waals surface area contributed by atoms with Gasteiger partial charge in [-0.25, -0.2) is 8.78 Å². The smallest absolute Gasteiger partial charge is 0.322 e. The minimum atomic E-state index is -0.641. The van der Waals surface area contributed by atoms with Crippen molar-refractivity contribution in [1.29, 1.82) is 0 Å². The van der Waals surface area contributed by atoms with Crippen molar-refractivity contribution in [2.75, 3.05) is 13.7 Å². The van der Waals surface area contributed by atoms with Crippen molar-refractivity contribution < 1.29 is 23.0 Å². The summed E-state index contributed by atoms with van der Waals surface area (Å²) in [6.07, 6.45) is 0.292. The molecule has 1 rings (SSSR count). The Hall–Kier alpha value is -1.69. The first-order valence-electron chi connectivity index (χ1n) is 6.35. The van der Waals surface area contributed by atoms with Crippen LogP contribution in [0, 0.1) is 11.6 Å². The molecule has 0 aliphatic rings. The molecule has 0 saturated heterocycles. The number of hydrogen-bond acceptors (Lipinski definition) is 4. The molecule has 1 aromatic rings. The van der Waals surface area contributed by atoms with Gasteiger partial charge in [0.25, 0.3) is 0 Å². The van der Waals surface area contributed by atoms with Crippen molar-refractivity contribution in [1.82, 2.24) is 5.32 Å². The average Bonchev–Trinajstić information content (AvgIpc) is 2.40. The van der Waals surface area contributed by atoms with Crippen LogP contribution >= 0.6 is 0 Å². The molecule has 20 heavy (non-hydrogen) atoms. The van der Waals surface area contributed by atoms with Crippen LogP contribution in [0.5, 0.6) is 5.75 Å². The van der Waals surface area contributed by atoms with Crippen LogP contribution in [0.2, 0.25) is 0 Å². The van der Waals surface area contributed by atoms with Gasteiger partial charge in [-0.1, -0.05) is 13.8 Å². The van der Waals surface area contributed by atoms with Crippen molar-refractivity contribution in [3.05, 3.63) is 29.8 Å². The molecular weight excluding hydrogens is 268 g/mol. The van der Waals surface area contributed by atoms with Crippen LogP contribution in [-0.2, 0) is 9.53 Å². The van der Waals surface area contributed by atoms with Crippen LogP contribution in [0.1, 0.15) is 20.3 Å². The number of halogens is 2. The molecule has 1 unspecified atom stereocenters. The zero-order valence-corrected chi connectivity index (χ0v) is 11.8. The molecule has 0 saturated carbocycles. The number of carbonyl (C=O) groups excluding carboxylic acids is 1. The van der Waals surface area contributed by atoms with E-state index in [4.69, 9.17) is 4.74 Å². The van der Waals surface area contributed by atoms with Crippen molar-refractivity contribution in [2.24, 2.45) is 0 Å². The molecule has 6 heteroatoms. The summed E-state index contributed by atoms with van der Waals surface area (Å²) in [6, 6.07) is 2.52. The summed E-state index contributed by atoms with van der Waals surface area (Å²) in [5, 5.41) is 3.02. The van der Waals surface area contributed by atoms with Crippen molar-refractivity contribution >= 4 is 5.97 Å². The van der Waals surface area contributed by atoms with E-state index in [-0.39, 0.29) is 18.4 Å². The Balaban J connectivity index is 2.55. The highest BCUT2D eigenvalue weighted by molar-refractivity contribution is 5.75. The number of rotatable bonds is 7.